The van der Waals surface area contributed by atoms with Crippen LogP contribution in [0.1, 0.15) is 61.7 Å². The first-order valence-electron chi connectivity index (χ1n) is 8.86. The summed E-state index contributed by atoms with van der Waals surface area (Å²) in [5, 5.41) is 7.09. The van der Waals surface area contributed by atoms with Gasteiger partial charge in [0.1, 0.15) is 0 Å². The van der Waals surface area contributed by atoms with Crippen LogP contribution in [-0.4, -0.2) is 35.8 Å². The Morgan fingerprint density at radius 1 is 1.04 bits per heavy atom. The summed E-state index contributed by atoms with van der Waals surface area (Å²) in [4.78, 5) is 26.7. The third-order valence-electron chi connectivity index (χ3n) is 5.12. The molecule has 1 aromatic rings. The SMILES string of the molecule is O=C(NC1CCCCCC1)C1CCN(C(=O)c2ccsc2)CC1. The molecular weight excluding hydrogens is 308 g/mol. The summed E-state index contributed by atoms with van der Waals surface area (Å²) in [6.45, 7) is 1.38. The van der Waals surface area contributed by atoms with Gasteiger partial charge in [-0.25, -0.2) is 0 Å². The van der Waals surface area contributed by atoms with Gasteiger partial charge in [-0.2, -0.15) is 11.3 Å². The third-order valence-corrected chi connectivity index (χ3v) is 5.81. The standard InChI is InChI=1S/C18H26N2O2S/c21-17(19-16-5-3-1-2-4-6-16)14-7-10-20(11-8-14)18(22)15-9-12-23-13-15/h9,12-14,16H,1-8,10-11H2,(H,19,21). The van der Waals surface area contributed by atoms with Gasteiger partial charge < -0.3 is 10.2 Å². The molecule has 1 aromatic heterocycles. The van der Waals surface area contributed by atoms with Gasteiger partial charge in [-0.3, -0.25) is 9.59 Å². The molecule has 0 spiro atoms. The van der Waals surface area contributed by atoms with Gasteiger partial charge in [0.25, 0.3) is 5.91 Å². The molecule has 2 aliphatic rings. The summed E-state index contributed by atoms with van der Waals surface area (Å²) in [5.74, 6) is 0.387. The highest BCUT2D eigenvalue weighted by Crippen LogP contribution is 2.22. The molecule has 1 aliphatic carbocycles. The van der Waals surface area contributed by atoms with E-state index < -0.39 is 0 Å². The third kappa shape index (κ3) is 4.34. The van der Waals surface area contributed by atoms with Crippen molar-refractivity contribution in [2.75, 3.05) is 13.1 Å². The van der Waals surface area contributed by atoms with Crippen LogP contribution in [0.4, 0.5) is 0 Å². The first-order valence-corrected chi connectivity index (χ1v) is 9.80. The van der Waals surface area contributed by atoms with Crippen LogP contribution < -0.4 is 5.32 Å². The summed E-state index contributed by atoms with van der Waals surface area (Å²) in [5.41, 5.74) is 0.774. The van der Waals surface area contributed by atoms with Crippen LogP contribution in [0.25, 0.3) is 0 Å². The van der Waals surface area contributed by atoms with Crippen LogP contribution in [0.3, 0.4) is 0 Å². The van der Waals surface area contributed by atoms with E-state index in [4.69, 9.17) is 0 Å². The van der Waals surface area contributed by atoms with Gasteiger partial charge in [-0.15, -0.1) is 0 Å². The number of thiophene rings is 1. The maximum absolute atomic E-state index is 12.5. The van der Waals surface area contributed by atoms with Gasteiger partial charge in [0.2, 0.25) is 5.91 Å². The van der Waals surface area contributed by atoms with Gasteiger partial charge in [0, 0.05) is 30.4 Å². The molecule has 4 nitrogen and oxygen atoms in total. The van der Waals surface area contributed by atoms with E-state index in [1.807, 2.05) is 21.7 Å². The van der Waals surface area contributed by atoms with E-state index in [1.165, 1.54) is 25.7 Å². The molecule has 2 heterocycles. The number of rotatable bonds is 3. The quantitative estimate of drug-likeness (QED) is 0.861. The molecule has 2 fully saturated rings. The van der Waals surface area contributed by atoms with Crippen molar-refractivity contribution in [1.82, 2.24) is 10.2 Å². The number of piperidine rings is 1. The van der Waals surface area contributed by atoms with E-state index in [9.17, 15) is 9.59 Å². The molecule has 0 radical (unpaired) electrons. The molecule has 3 rings (SSSR count). The molecule has 23 heavy (non-hydrogen) atoms. The van der Waals surface area contributed by atoms with Crippen molar-refractivity contribution in [3.05, 3.63) is 22.4 Å². The molecule has 0 aromatic carbocycles. The monoisotopic (exact) mass is 334 g/mol. The minimum absolute atomic E-state index is 0.0739. The average Bonchev–Trinajstić information content (AvgIpc) is 3.00. The number of likely N-dealkylation sites (tertiary alicyclic amines) is 1. The Morgan fingerprint density at radius 2 is 1.74 bits per heavy atom. The summed E-state index contributed by atoms with van der Waals surface area (Å²) in [6.07, 6.45) is 8.90. The summed E-state index contributed by atoms with van der Waals surface area (Å²) >= 11 is 1.55. The Hall–Kier alpha value is -1.36. The van der Waals surface area contributed by atoms with E-state index >= 15 is 0 Å². The molecule has 1 aliphatic heterocycles. The highest BCUT2D eigenvalue weighted by Gasteiger charge is 2.29. The molecule has 2 amide bonds. The first-order chi connectivity index (χ1) is 11.2. The molecule has 126 valence electrons. The van der Waals surface area contributed by atoms with Crippen LogP contribution in [0.2, 0.25) is 0 Å². The molecule has 1 saturated carbocycles. The first kappa shape index (κ1) is 16.5. The lowest BCUT2D eigenvalue weighted by molar-refractivity contribution is -0.127. The molecule has 0 atom stereocenters. The number of amides is 2. The second-order valence-corrected chi connectivity index (χ2v) is 7.56. The van der Waals surface area contributed by atoms with Crippen molar-refractivity contribution in [2.24, 2.45) is 5.92 Å². The Kier molecular flexibility index (Phi) is 5.70. The van der Waals surface area contributed by atoms with Gasteiger partial charge >= 0.3 is 0 Å². The van der Waals surface area contributed by atoms with Crippen molar-refractivity contribution in [3.63, 3.8) is 0 Å². The van der Waals surface area contributed by atoms with Gasteiger partial charge in [-0.05, 0) is 37.1 Å². The van der Waals surface area contributed by atoms with E-state index in [2.05, 4.69) is 5.32 Å². The molecule has 5 heteroatoms. The van der Waals surface area contributed by atoms with Crippen LogP contribution in [0.15, 0.2) is 16.8 Å². The highest BCUT2D eigenvalue weighted by atomic mass is 32.1. The minimum atomic E-state index is 0.0739. The smallest absolute Gasteiger partial charge is 0.254 e. The lowest BCUT2D eigenvalue weighted by atomic mass is 9.94. The fourth-order valence-corrected chi connectivity index (χ4v) is 4.29. The lowest BCUT2D eigenvalue weighted by Gasteiger charge is -2.32. The van der Waals surface area contributed by atoms with E-state index in [0.717, 1.165) is 31.2 Å². The predicted octanol–water partition coefficient (Wildman–Crippen LogP) is 3.44. The van der Waals surface area contributed by atoms with Crippen molar-refractivity contribution in [3.8, 4) is 0 Å². The minimum Gasteiger partial charge on any atom is -0.353 e. The second kappa shape index (κ2) is 7.95. The van der Waals surface area contributed by atoms with Gasteiger partial charge in [0.05, 0.1) is 5.56 Å². The highest BCUT2D eigenvalue weighted by molar-refractivity contribution is 7.08. The Morgan fingerprint density at radius 3 is 2.35 bits per heavy atom. The van der Waals surface area contributed by atoms with Gasteiger partial charge in [0.15, 0.2) is 0 Å². The number of carbonyl (C=O) groups excluding carboxylic acids is 2. The van der Waals surface area contributed by atoms with Crippen LogP contribution in [-0.2, 0) is 4.79 Å². The Bertz CT molecular complexity index is 513. The molecule has 1 N–H and O–H groups in total. The second-order valence-electron chi connectivity index (χ2n) is 6.78. The van der Waals surface area contributed by atoms with E-state index in [1.54, 1.807) is 11.3 Å². The number of carbonyl (C=O) groups is 2. The largest absolute Gasteiger partial charge is 0.353 e. The molecule has 1 saturated heterocycles. The zero-order valence-corrected chi connectivity index (χ0v) is 14.4. The summed E-state index contributed by atoms with van der Waals surface area (Å²) in [7, 11) is 0. The van der Waals surface area contributed by atoms with E-state index in [-0.39, 0.29) is 17.7 Å². The maximum atomic E-state index is 12.5. The van der Waals surface area contributed by atoms with Crippen molar-refractivity contribution in [1.29, 1.82) is 0 Å². The molecule has 0 bridgehead atoms. The zero-order chi connectivity index (χ0) is 16.1. The van der Waals surface area contributed by atoms with Crippen molar-refractivity contribution < 1.29 is 9.59 Å². The van der Waals surface area contributed by atoms with Gasteiger partial charge in [-0.1, -0.05) is 25.7 Å². The Balaban J connectivity index is 1.46. The predicted molar refractivity (Wildman–Crippen MR) is 92.6 cm³/mol. The fourth-order valence-electron chi connectivity index (χ4n) is 3.66. The van der Waals surface area contributed by atoms with Crippen LogP contribution in [0, 0.1) is 5.92 Å². The number of nitrogens with one attached hydrogen (secondary N) is 1. The summed E-state index contributed by atoms with van der Waals surface area (Å²) in [6, 6.07) is 2.24. The number of hydrogen-bond donors (Lipinski definition) is 1. The number of nitrogens with zero attached hydrogens (tertiary/aromatic N) is 1. The Labute approximate surface area is 142 Å². The fraction of sp³-hybridized carbons (Fsp3) is 0.667. The maximum Gasteiger partial charge on any atom is 0.254 e. The number of hydrogen-bond acceptors (Lipinski definition) is 3. The van der Waals surface area contributed by atoms with Crippen molar-refractivity contribution in [2.45, 2.75) is 57.4 Å². The molecular formula is C18H26N2O2S. The zero-order valence-electron chi connectivity index (χ0n) is 13.6. The topological polar surface area (TPSA) is 49.4 Å². The van der Waals surface area contributed by atoms with Crippen molar-refractivity contribution >= 4 is 23.2 Å². The van der Waals surface area contributed by atoms with Crippen LogP contribution >= 0.6 is 11.3 Å². The molecule has 0 unspecified atom stereocenters. The average molecular weight is 334 g/mol. The summed E-state index contributed by atoms with van der Waals surface area (Å²) < 4.78 is 0. The normalized spacial score (nSPS) is 21.0. The van der Waals surface area contributed by atoms with E-state index in [0.29, 0.717) is 19.1 Å². The lowest BCUT2D eigenvalue weighted by Crippen LogP contribution is -2.45. The van der Waals surface area contributed by atoms with Crippen LogP contribution in [0.5, 0.6) is 0 Å².